The highest BCUT2D eigenvalue weighted by atomic mass is 32.2. The van der Waals surface area contributed by atoms with Crippen molar-refractivity contribution in [2.75, 3.05) is 11.8 Å². The third kappa shape index (κ3) is 5.42. The zero-order valence-corrected chi connectivity index (χ0v) is 16.7. The average molecular weight is 427 g/mol. The minimum absolute atomic E-state index is 0.0755. The molecule has 0 aliphatic carbocycles. The van der Waals surface area contributed by atoms with Crippen LogP contribution < -0.4 is 14.9 Å². The molecule has 3 rings (SSSR count). The van der Waals surface area contributed by atoms with Crippen molar-refractivity contribution >= 4 is 27.8 Å². The van der Waals surface area contributed by atoms with E-state index in [4.69, 9.17) is 4.74 Å². The van der Waals surface area contributed by atoms with Gasteiger partial charge in [-0.1, -0.05) is 18.2 Å². The summed E-state index contributed by atoms with van der Waals surface area (Å²) in [5.41, 5.74) is 3.38. The second-order valence-corrected chi connectivity index (χ2v) is 7.79. The number of hydrogen-bond acceptors (Lipinski definition) is 5. The van der Waals surface area contributed by atoms with Crippen molar-refractivity contribution in [2.24, 2.45) is 5.10 Å². The third-order valence-corrected chi connectivity index (χ3v) is 5.38. The van der Waals surface area contributed by atoms with E-state index in [2.05, 4.69) is 15.2 Å². The van der Waals surface area contributed by atoms with E-state index >= 15 is 0 Å². The first-order valence-electron chi connectivity index (χ1n) is 8.73. The smallest absolute Gasteiger partial charge is 0.271 e. The van der Waals surface area contributed by atoms with Crippen LogP contribution in [0.2, 0.25) is 0 Å². The number of nitrogens with zero attached hydrogens (tertiary/aromatic N) is 1. The van der Waals surface area contributed by atoms with Crippen molar-refractivity contribution in [1.29, 1.82) is 0 Å². The topological polar surface area (TPSA) is 96.9 Å². The molecule has 7 nitrogen and oxygen atoms in total. The molecule has 30 heavy (non-hydrogen) atoms. The van der Waals surface area contributed by atoms with Crippen LogP contribution in [0.4, 0.5) is 10.1 Å². The molecular formula is C21H18FN3O4S. The van der Waals surface area contributed by atoms with Gasteiger partial charge in [0.15, 0.2) is 0 Å². The van der Waals surface area contributed by atoms with Gasteiger partial charge in [0.25, 0.3) is 15.9 Å². The quantitative estimate of drug-likeness (QED) is 0.446. The van der Waals surface area contributed by atoms with E-state index in [-0.39, 0.29) is 16.3 Å². The second kappa shape index (κ2) is 9.19. The molecule has 3 aromatic carbocycles. The number of benzene rings is 3. The van der Waals surface area contributed by atoms with Crippen LogP contribution >= 0.6 is 0 Å². The lowest BCUT2D eigenvalue weighted by Gasteiger charge is -2.09. The normalized spacial score (nSPS) is 11.3. The van der Waals surface area contributed by atoms with Crippen LogP contribution in [0.15, 0.2) is 82.8 Å². The Morgan fingerprint density at radius 2 is 1.73 bits per heavy atom. The van der Waals surface area contributed by atoms with Crippen LogP contribution in [0.1, 0.15) is 15.9 Å². The number of sulfonamides is 1. The van der Waals surface area contributed by atoms with Gasteiger partial charge in [-0.3, -0.25) is 9.52 Å². The van der Waals surface area contributed by atoms with E-state index in [0.29, 0.717) is 17.0 Å². The van der Waals surface area contributed by atoms with Gasteiger partial charge in [-0.2, -0.15) is 5.10 Å². The van der Waals surface area contributed by atoms with Crippen LogP contribution in [0.25, 0.3) is 0 Å². The molecule has 2 N–H and O–H groups in total. The summed E-state index contributed by atoms with van der Waals surface area (Å²) in [6.45, 7) is 0. The monoisotopic (exact) mass is 427 g/mol. The molecule has 0 saturated carbocycles. The highest BCUT2D eigenvalue weighted by molar-refractivity contribution is 7.92. The maximum absolute atomic E-state index is 12.9. The Labute approximate surface area is 173 Å². The number of anilines is 1. The van der Waals surface area contributed by atoms with E-state index in [1.165, 1.54) is 61.9 Å². The summed E-state index contributed by atoms with van der Waals surface area (Å²) in [6.07, 6.45) is 1.35. The van der Waals surface area contributed by atoms with Crippen molar-refractivity contribution in [1.82, 2.24) is 5.43 Å². The summed E-state index contributed by atoms with van der Waals surface area (Å²) in [7, 11) is -2.39. The molecule has 0 saturated heterocycles. The van der Waals surface area contributed by atoms with E-state index in [1.807, 2.05) is 0 Å². The lowest BCUT2D eigenvalue weighted by Crippen LogP contribution is -2.19. The van der Waals surface area contributed by atoms with Gasteiger partial charge in [-0.15, -0.1) is 0 Å². The minimum Gasteiger partial charge on any atom is -0.497 e. The molecule has 1 amide bonds. The number of carbonyl (C=O) groups is 1. The third-order valence-electron chi connectivity index (χ3n) is 4.00. The molecule has 0 aliphatic heterocycles. The Morgan fingerprint density at radius 1 is 1.03 bits per heavy atom. The van der Waals surface area contributed by atoms with Crippen LogP contribution in [-0.4, -0.2) is 27.6 Å². The molecule has 9 heteroatoms. The largest absolute Gasteiger partial charge is 0.497 e. The van der Waals surface area contributed by atoms with Gasteiger partial charge in [0.05, 0.1) is 18.2 Å². The fourth-order valence-electron chi connectivity index (χ4n) is 2.46. The molecular weight excluding hydrogens is 409 g/mol. The maximum atomic E-state index is 12.9. The molecule has 3 aromatic rings. The number of carbonyl (C=O) groups excluding carboxylic acids is 1. The summed E-state index contributed by atoms with van der Waals surface area (Å²) < 4.78 is 45.6. The molecule has 0 atom stereocenters. The Hall–Kier alpha value is -3.72. The number of amides is 1. The highest BCUT2D eigenvalue weighted by Gasteiger charge is 2.16. The van der Waals surface area contributed by atoms with E-state index < -0.39 is 15.9 Å². The van der Waals surface area contributed by atoms with Gasteiger partial charge >= 0.3 is 0 Å². The van der Waals surface area contributed by atoms with Gasteiger partial charge in [-0.25, -0.2) is 18.2 Å². The number of halogens is 1. The summed E-state index contributed by atoms with van der Waals surface area (Å²) in [4.78, 5) is 12.2. The maximum Gasteiger partial charge on any atom is 0.271 e. The van der Waals surface area contributed by atoms with Crippen LogP contribution in [0.3, 0.4) is 0 Å². The Balaban J connectivity index is 1.70. The Bertz CT molecular complexity index is 1160. The summed E-state index contributed by atoms with van der Waals surface area (Å²) in [6, 6.07) is 17.5. The van der Waals surface area contributed by atoms with Crippen molar-refractivity contribution in [3.05, 3.63) is 89.7 Å². The lowest BCUT2D eigenvalue weighted by atomic mass is 10.2. The standard InChI is InChI=1S/C21H18FN3O4S/c1-29-19-11-9-18(10-12-19)25-30(27,28)20-4-2-3-16(13-20)21(26)24-23-14-15-5-7-17(22)8-6-15/h2-14,25H,1H3,(H,24,26)/b23-14-. The van der Waals surface area contributed by atoms with Crippen LogP contribution in [0, 0.1) is 5.82 Å². The molecule has 0 aromatic heterocycles. The number of methoxy groups -OCH3 is 1. The van der Waals surface area contributed by atoms with Gasteiger partial charge in [0.1, 0.15) is 11.6 Å². The number of nitrogens with one attached hydrogen (secondary N) is 2. The summed E-state index contributed by atoms with van der Waals surface area (Å²) in [5, 5.41) is 3.80. The molecule has 0 aliphatic rings. The minimum atomic E-state index is -3.90. The van der Waals surface area contributed by atoms with E-state index in [1.54, 1.807) is 24.3 Å². The molecule has 154 valence electrons. The van der Waals surface area contributed by atoms with Crippen LogP contribution in [-0.2, 0) is 10.0 Å². The van der Waals surface area contributed by atoms with Crippen molar-refractivity contribution in [3.8, 4) is 5.75 Å². The molecule has 0 bridgehead atoms. The SMILES string of the molecule is COc1ccc(NS(=O)(=O)c2cccc(C(=O)N/N=C\c3ccc(F)cc3)c2)cc1. The van der Waals surface area contributed by atoms with Gasteiger partial charge < -0.3 is 4.74 Å². The molecule has 0 fully saturated rings. The first kappa shape index (κ1) is 21.0. The van der Waals surface area contributed by atoms with E-state index in [0.717, 1.165) is 0 Å². The molecule has 0 unspecified atom stereocenters. The predicted molar refractivity (Wildman–Crippen MR) is 112 cm³/mol. The van der Waals surface area contributed by atoms with Gasteiger partial charge in [0, 0.05) is 11.3 Å². The van der Waals surface area contributed by atoms with Gasteiger partial charge in [0.2, 0.25) is 0 Å². The van der Waals surface area contributed by atoms with Crippen molar-refractivity contribution in [3.63, 3.8) is 0 Å². The fraction of sp³-hybridized carbons (Fsp3) is 0.0476. The highest BCUT2D eigenvalue weighted by Crippen LogP contribution is 2.20. The zero-order valence-electron chi connectivity index (χ0n) is 15.9. The first-order chi connectivity index (χ1) is 14.4. The van der Waals surface area contributed by atoms with Gasteiger partial charge in [-0.05, 0) is 60.2 Å². The van der Waals surface area contributed by atoms with Crippen LogP contribution in [0.5, 0.6) is 5.75 Å². The second-order valence-electron chi connectivity index (χ2n) is 6.11. The molecule has 0 heterocycles. The Kier molecular flexibility index (Phi) is 6.43. The number of rotatable bonds is 7. The summed E-state index contributed by atoms with van der Waals surface area (Å²) >= 11 is 0. The number of hydrogen-bond donors (Lipinski definition) is 2. The first-order valence-corrected chi connectivity index (χ1v) is 10.2. The number of ether oxygens (including phenoxy) is 1. The molecule has 0 spiro atoms. The predicted octanol–water partition coefficient (Wildman–Crippen LogP) is 3.40. The van der Waals surface area contributed by atoms with Crippen molar-refractivity contribution in [2.45, 2.75) is 4.90 Å². The zero-order chi connectivity index (χ0) is 21.6. The average Bonchev–Trinajstić information content (AvgIpc) is 2.75. The van der Waals surface area contributed by atoms with E-state index in [9.17, 15) is 17.6 Å². The number of hydrazone groups is 1. The Morgan fingerprint density at radius 3 is 2.40 bits per heavy atom. The fourth-order valence-corrected chi connectivity index (χ4v) is 3.56. The summed E-state index contributed by atoms with van der Waals surface area (Å²) in [5.74, 6) is -0.370. The van der Waals surface area contributed by atoms with Crippen molar-refractivity contribution < 1.29 is 22.3 Å². The molecule has 0 radical (unpaired) electrons. The lowest BCUT2D eigenvalue weighted by molar-refractivity contribution is 0.0955.